The Morgan fingerprint density at radius 2 is 1.25 bits per heavy atom. The molecule has 6 rings (SSSR count). The van der Waals surface area contributed by atoms with Gasteiger partial charge in [0.25, 0.3) is 0 Å². The van der Waals surface area contributed by atoms with E-state index >= 15 is 0 Å². The lowest BCUT2D eigenvalue weighted by Crippen LogP contribution is -2.29. The number of Topliss-reactive ketones (excluding diaryl/α,β-unsaturated/α-hetero) is 1. The highest BCUT2D eigenvalue weighted by molar-refractivity contribution is 6.34. The molecule has 0 aromatic heterocycles. The molecule has 0 saturated carbocycles. The molecule has 1 nitrogen and oxygen atoms in total. The minimum absolute atomic E-state index is 0.0411. The van der Waals surface area contributed by atoms with E-state index in [2.05, 4.69) is 54.6 Å². The Kier molecular flexibility index (Phi) is 2.81. The van der Waals surface area contributed by atoms with E-state index < -0.39 is 0 Å². The molecule has 3 aliphatic rings. The molecule has 0 spiro atoms. The van der Waals surface area contributed by atoms with Crippen molar-refractivity contribution >= 4 is 17.4 Å². The summed E-state index contributed by atoms with van der Waals surface area (Å²) in [5, 5.41) is 0.559. The first kappa shape index (κ1) is 14.0. The number of carbonyl (C=O) groups excluding carboxylic acids is 1. The van der Waals surface area contributed by atoms with Crippen molar-refractivity contribution in [3.8, 4) is 0 Å². The van der Waals surface area contributed by atoms with Crippen LogP contribution in [0.15, 0.2) is 60.7 Å². The highest BCUT2D eigenvalue weighted by atomic mass is 35.5. The van der Waals surface area contributed by atoms with Crippen molar-refractivity contribution in [2.24, 2.45) is 0 Å². The molecule has 3 aromatic carbocycles. The minimum atomic E-state index is 0.0411. The van der Waals surface area contributed by atoms with Gasteiger partial charge in [-0.25, -0.2) is 0 Å². The summed E-state index contributed by atoms with van der Waals surface area (Å²) in [6.07, 6.45) is 0. The maximum atomic E-state index is 12.4. The number of carbonyl (C=O) groups is 1. The van der Waals surface area contributed by atoms with Crippen LogP contribution in [0.25, 0.3) is 0 Å². The first-order valence-electron chi connectivity index (χ1n) is 8.19. The van der Waals surface area contributed by atoms with E-state index in [0.29, 0.717) is 10.6 Å². The lowest BCUT2D eigenvalue weighted by Gasteiger charge is -2.43. The largest absolute Gasteiger partial charge is 0.294 e. The van der Waals surface area contributed by atoms with Crippen molar-refractivity contribution < 1.29 is 4.79 Å². The van der Waals surface area contributed by atoms with Crippen LogP contribution in [0.3, 0.4) is 0 Å². The van der Waals surface area contributed by atoms with Crippen LogP contribution in [0.5, 0.6) is 0 Å². The summed E-state index contributed by atoms with van der Waals surface area (Å²) in [5.41, 5.74) is 8.34. The fourth-order valence-corrected chi connectivity index (χ4v) is 4.88. The zero-order valence-electron chi connectivity index (χ0n) is 13.2. The van der Waals surface area contributed by atoms with Crippen LogP contribution < -0.4 is 0 Å². The molecule has 24 heavy (non-hydrogen) atoms. The number of hydrogen-bond acceptors (Lipinski definition) is 1. The van der Waals surface area contributed by atoms with E-state index in [-0.39, 0.29) is 17.6 Å². The van der Waals surface area contributed by atoms with Gasteiger partial charge in [-0.15, -0.1) is 0 Å². The number of ketones is 1. The molecule has 3 aromatic rings. The second-order valence-electron chi connectivity index (χ2n) is 6.61. The molecule has 0 atom stereocenters. The molecule has 0 N–H and O–H groups in total. The molecule has 0 amide bonds. The van der Waals surface area contributed by atoms with E-state index in [4.69, 9.17) is 11.6 Å². The van der Waals surface area contributed by atoms with E-state index in [1.54, 1.807) is 6.92 Å². The second-order valence-corrected chi connectivity index (χ2v) is 7.01. The summed E-state index contributed by atoms with van der Waals surface area (Å²) in [7, 11) is 0. The normalized spacial score (nSPS) is 19.4. The molecule has 0 heterocycles. The van der Waals surface area contributed by atoms with Crippen molar-refractivity contribution in [2.45, 2.75) is 18.8 Å². The summed E-state index contributed by atoms with van der Waals surface area (Å²) in [6, 6.07) is 21.2. The third kappa shape index (κ3) is 1.63. The maximum absolute atomic E-state index is 12.4. The zero-order chi connectivity index (χ0) is 16.4. The van der Waals surface area contributed by atoms with Gasteiger partial charge in [0, 0.05) is 17.4 Å². The van der Waals surface area contributed by atoms with Gasteiger partial charge in [0.15, 0.2) is 5.78 Å². The number of hydrogen-bond donors (Lipinski definition) is 0. The zero-order valence-corrected chi connectivity index (χ0v) is 14.0. The van der Waals surface area contributed by atoms with Gasteiger partial charge in [-0.05, 0) is 46.4 Å². The lowest BCUT2D eigenvalue weighted by atomic mass is 9.60. The first-order valence-corrected chi connectivity index (χ1v) is 8.57. The van der Waals surface area contributed by atoms with Crippen LogP contribution in [0.4, 0.5) is 0 Å². The number of rotatable bonds is 1. The Balaban J connectivity index is 1.94. The SMILES string of the molecule is CC(=O)c1c(Cl)ccc2c1C1c3ccccc3C2c2ccccc21. The van der Waals surface area contributed by atoms with E-state index in [9.17, 15) is 4.79 Å². The molecular weight excluding hydrogens is 316 g/mol. The van der Waals surface area contributed by atoms with E-state index in [1.807, 2.05) is 6.07 Å². The minimum Gasteiger partial charge on any atom is -0.294 e. The molecule has 2 heteroatoms. The lowest BCUT2D eigenvalue weighted by molar-refractivity contribution is 0.101. The summed E-state index contributed by atoms with van der Waals surface area (Å²) in [5.74, 6) is 0.321. The van der Waals surface area contributed by atoms with Crippen LogP contribution in [0, 0.1) is 0 Å². The first-order chi connectivity index (χ1) is 11.7. The third-order valence-electron chi connectivity index (χ3n) is 5.42. The predicted molar refractivity (Wildman–Crippen MR) is 96.2 cm³/mol. The summed E-state index contributed by atoms with van der Waals surface area (Å²) >= 11 is 6.43. The van der Waals surface area contributed by atoms with Gasteiger partial charge in [0.05, 0.1) is 5.02 Å². The Labute approximate surface area is 145 Å². The molecule has 0 radical (unpaired) electrons. The summed E-state index contributed by atoms with van der Waals surface area (Å²) in [6.45, 7) is 1.61. The quantitative estimate of drug-likeness (QED) is 0.369. The van der Waals surface area contributed by atoms with Gasteiger partial charge in [-0.3, -0.25) is 4.79 Å². The Bertz CT molecular complexity index is 971. The van der Waals surface area contributed by atoms with Gasteiger partial charge in [0.2, 0.25) is 0 Å². The van der Waals surface area contributed by atoms with Crippen LogP contribution in [-0.4, -0.2) is 5.78 Å². The number of benzene rings is 3. The van der Waals surface area contributed by atoms with Gasteiger partial charge in [-0.2, -0.15) is 0 Å². The monoisotopic (exact) mass is 330 g/mol. The van der Waals surface area contributed by atoms with E-state index in [0.717, 1.165) is 5.56 Å². The molecule has 0 saturated heterocycles. The second kappa shape index (κ2) is 4.81. The Morgan fingerprint density at radius 3 is 1.75 bits per heavy atom. The molecule has 0 aliphatic heterocycles. The van der Waals surface area contributed by atoms with Crippen molar-refractivity contribution in [1.29, 1.82) is 0 Å². The standard InChI is InChI=1S/C22H15ClO/c1-12(24)19-18(23)11-10-17-20-13-6-2-4-8-15(13)21(22(17)19)16-9-5-3-7-14(16)20/h2-11,20-21H,1H3. The molecule has 3 aliphatic carbocycles. The fraction of sp³-hybridized carbons (Fsp3) is 0.136. The van der Waals surface area contributed by atoms with E-state index in [1.165, 1.54) is 27.8 Å². The molecular formula is C22H15ClO. The molecule has 0 fully saturated rings. The predicted octanol–water partition coefficient (Wildman–Crippen LogP) is 5.53. The molecule has 116 valence electrons. The van der Waals surface area contributed by atoms with Crippen molar-refractivity contribution in [3.05, 3.63) is 105 Å². The van der Waals surface area contributed by atoms with Crippen LogP contribution in [0.1, 0.15) is 62.5 Å². The van der Waals surface area contributed by atoms with Crippen molar-refractivity contribution in [2.75, 3.05) is 0 Å². The smallest absolute Gasteiger partial charge is 0.161 e. The Hall–Kier alpha value is -2.38. The summed E-state index contributed by atoms with van der Waals surface area (Å²) in [4.78, 5) is 12.4. The highest BCUT2D eigenvalue weighted by Crippen LogP contribution is 2.56. The molecule has 2 bridgehead atoms. The summed E-state index contributed by atoms with van der Waals surface area (Å²) < 4.78 is 0. The average Bonchev–Trinajstić information content (AvgIpc) is 2.60. The van der Waals surface area contributed by atoms with Crippen molar-refractivity contribution in [3.63, 3.8) is 0 Å². The average molecular weight is 331 g/mol. The van der Waals surface area contributed by atoms with Crippen LogP contribution in [0.2, 0.25) is 5.02 Å². The molecule has 0 unspecified atom stereocenters. The van der Waals surface area contributed by atoms with Gasteiger partial charge < -0.3 is 0 Å². The van der Waals surface area contributed by atoms with Gasteiger partial charge >= 0.3 is 0 Å². The van der Waals surface area contributed by atoms with Crippen molar-refractivity contribution in [1.82, 2.24) is 0 Å². The fourth-order valence-electron chi connectivity index (χ4n) is 4.58. The van der Waals surface area contributed by atoms with Gasteiger partial charge in [-0.1, -0.05) is 66.2 Å². The van der Waals surface area contributed by atoms with Gasteiger partial charge in [0.1, 0.15) is 0 Å². The van der Waals surface area contributed by atoms with Crippen LogP contribution in [-0.2, 0) is 0 Å². The third-order valence-corrected chi connectivity index (χ3v) is 5.73. The maximum Gasteiger partial charge on any atom is 0.161 e. The topological polar surface area (TPSA) is 17.1 Å². The van der Waals surface area contributed by atoms with Crippen LogP contribution >= 0.6 is 11.6 Å². The Morgan fingerprint density at radius 1 is 0.750 bits per heavy atom. The number of halogens is 1. The highest BCUT2D eigenvalue weighted by Gasteiger charge is 2.42.